The number of nitrogens with zero attached hydrogens (tertiary/aromatic N) is 4. The standard InChI is InChI=1S/C17H25N5OS/c1-4-5-6-7-8-18-16(23)12-24-17-19-20-21-22(17)15-10-13(2)9-14(3)11-15/h9-11H,4-8,12H2,1-3H3,(H,18,23). The second kappa shape index (κ2) is 9.42. The number of carbonyl (C=O) groups is 1. The van der Waals surface area contributed by atoms with Crippen molar-refractivity contribution in [2.75, 3.05) is 12.3 Å². The van der Waals surface area contributed by atoms with Crippen LogP contribution in [0.2, 0.25) is 0 Å². The van der Waals surface area contributed by atoms with Gasteiger partial charge in [0.1, 0.15) is 0 Å². The molecule has 1 aromatic heterocycles. The molecule has 2 aromatic rings. The predicted molar refractivity (Wildman–Crippen MR) is 96.5 cm³/mol. The van der Waals surface area contributed by atoms with E-state index in [0.717, 1.165) is 36.2 Å². The van der Waals surface area contributed by atoms with Gasteiger partial charge in [0, 0.05) is 6.54 Å². The van der Waals surface area contributed by atoms with Crippen molar-refractivity contribution in [1.29, 1.82) is 0 Å². The largest absolute Gasteiger partial charge is 0.355 e. The van der Waals surface area contributed by atoms with Gasteiger partial charge in [-0.3, -0.25) is 4.79 Å². The zero-order valence-corrected chi connectivity index (χ0v) is 15.4. The molecule has 1 heterocycles. The molecule has 1 aromatic carbocycles. The van der Waals surface area contributed by atoms with E-state index >= 15 is 0 Å². The third-order valence-electron chi connectivity index (χ3n) is 3.58. The number of hydrogen-bond donors (Lipinski definition) is 1. The minimum atomic E-state index is 0.0199. The van der Waals surface area contributed by atoms with E-state index in [1.807, 2.05) is 26.0 Å². The molecule has 0 bridgehead atoms. The van der Waals surface area contributed by atoms with Crippen LogP contribution in [-0.2, 0) is 4.79 Å². The van der Waals surface area contributed by atoms with Crippen molar-refractivity contribution in [3.8, 4) is 5.69 Å². The number of amides is 1. The molecule has 130 valence electrons. The summed E-state index contributed by atoms with van der Waals surface area (Å²) in [5, 5.41) is 15.4. The van der Waals surface area contributed by atoms with Gasteiger partial charge in [-0.25, -0.2) is 0 Å². The zero-order valence-electron chi connectivity index (χ0n) is 14.6. The molecule has 1 N–H and O–H groups in total. The summed E-state index contributed by atoms with van der Waals surface area (Å²) in [6, 6.07) is 6.16. The van der Waals surface area contributed by atoms with Crippen LogP contribution >= 0.6 is 11.8 Å². The van der Waals surface area contributed by atoms with Gasteiger partial charge < -0.3 is 5.32 Å². The number of nitrogens with one attached hydrogen (secondary N) is 1. The first-order valence-electron chi connectivity index (χ1n) is 8.36. The van der Waals surface area contributed by atoms with E-state index in [-0.39, 0.29) is 5.91 Å². The van der Waals surface area contributed by atoms with Gasteiger partial charge in [-0.2, -0.15) is 4.68 Å². The summed E-state index contributed by atoms with van der Waals surface area (Å²) in [6.07, 6.45) is 4.61. The molecule has 24 heavy (non-hydrogen) atoms. The van der Waals surface area contributed by atoms with Crippen molar-refractivity contribution in [1.82, 2.24) is 25.5 Å². The molecule has 0 aliphatic carbocycles. The van der Waals surface area contributed by atoms with Crippen molar-refractivity contribution >= 4 is 17.7 Å². The van der Waals surface area contributed by atoms with Crippen molar-refractivity contribution < 1.29 is 4.79 Å². The number of unbranched alkanes of at least 4 members (excludes halogenated alkanes) is 3. The Morgan fingerprint density at radius 3 is 2.62 bits per heavy atom. The van der Waals surface area contributed by atoms with Gasteiger partial charge in [-0.05, 0) is 54.0 Å². The van der Waals surface area contributed by atoms with Crippen molar-refractivity contribution in [3.05, 3.63) is 29.3 Å². The third kappa shape index (κ3) is 5.63. The van der Waals surface area contributed by atoms with Crippen LogP contribution in [0.5, 0.6) is 0 Å². The summed E-state index contributed by atoms with van der Waals surface area (Å²) >= 11 is 1.35. The SMILES string of the molecule is CCCCCCNC(=O)CSc1nnnn1-c1cc(C)cc(C)c1. The van der Waals surface area contributed by atoms with Gasteiger partial charge in [-0.1, -0.05) is 44.0 Å². The van der Waals surface area contributed by atoms with Gasteiger partial charge in [0.05, 0.1) is 11.4 Å². The van der Waals surface area contributed by atoms with Gasteiger partial charge >= 0.3 is 0 Å². The molecule has 0 saturated carbocycles. The first-order chi connectivity index (χ1) is 11.6. The van der Waals surface area contributed by atoms with E-state index in [2.05, 4.69) is 33.8 Å². The fraction of sp³-hybridized carbons (Fsp3) is 0.529. The number of tetrazole rings is 1. The molecule has 7 heteroatoms. The molecule has 0 spiro atoms. The van der Waals surface area contributed by atoms with E-state index in [0.29, 0.717) is 10.9 Å². The summed E-state index contributed by atoms with van der Waals surface area (Å²) in [5.74, 6) is 0.338. The van der Waals surface area contributed by atoms with Gasteiger partial charge in [0.2, 0.25) is 11.1 Å². The molecule has 1 amide bonds. The highest BCUT2D eigenvalue weighted by molar-refractivity contribution is 7.99. The Morgan fingerprint density at radius 1 is 1.17 bits per heavy atom. The van der Waals surface area contributed by atoms with Crippen LogP contribution in [0.15, 0.2) is 23.4 Å². The van der Waals surface area contributed by atoms with Gasteiger partial charge in [0.15, 0.2) is 0 Å². The second-order valence-corrected chi connectivity index (χ2v) is 6.86. The maximum absolute atomic E-state index is 11.9. The zero-order chi connectivity index (χ0) is 17.4. The quantitative estimate of drug-likeness (QED) is 0.557. The van der Waals surface area contributed by atoms with Crippen molar-refractivity contribution in [3.63, 3.8) is 0 Å². The monoisotopic (exact) mass is 347 g/mol. The number of hydrogen-bond acceptors (Lipinski definition) is 5. The van der Waals surface area contributed by atoms with Crippen LogP contribution in [0, 0.1) is 13.8 Å². The fourth-order valence-corrected chi connectivity index (χ4v) is 3.19. The molecule has 0 aliphatic rings. The maximum Gasteiger partial charge on any atom is 0.230 e. The van der Waals surface area contributed by atoms with Crippen LogP contribution in [0.1, 0.15) is 43.7 Å². The second-order valence-electron chi connectivity index (χ2n) is 5.92. The Bertz CT molecular complexity index is 651. The Balaban J connectivity index is 1.88. The molecule has 6 nitrogen and oxygen atoms in total. The van der Waals surface area contributed by atoms with E-state index in [4.69, 9.17) is 0 Å². The number of carbonyl (C=O) groups excluding carboxylic acids is 1. The van der Waals surface area contributed by atoms with E-state index < -0.39 is 0 Å². The van der Waals surface area contributed by atoms with Gasteiger partial charge in [0.25, 0.3) is 0 Å². The molecule has 0 atom stereocenters. The first-order valence-corrected chi connectivity index (χ1v) is 9.35. The van der Waals surface area contributed by atoms with Crippen LogP contribution < -0.4 is 5.32 Å². The lowest BCUT2D eigenvalue weighted by Gasteiger charge is -2.07. The summed E-state index contributed by atoms with van der Waals surface area (Å²) in [6.45, 7) is 7.00. The van der Waals surface area contributed by atoms with E-state index in [9.17, 15) is 4.79 Å². The fourth-order valence-electron chi connectivity index (χ4n) is 2.46. The topological polar surface area (TPSA) is 72.7 Å². The average molecular weight is 347 g/mol. The summed E-state index contributed by atoms with van der Waals surface area (Å²) in [5.41, 5.74) is 3.22. The molecule has 2 rings (SSSR count). The maximum atomic E-state index is 11.9. The lowest BCUT2D eigenvalue weighted by Crippen LogP contribution is -2.26. The minimum Gasteiger partial charge on any atom is -0.355 e. The summed E-state index contributed by atoms with van der Waals surface area (Å²) in [7, 11) is 0. The van der Waals surface area contributed by atoms with Crippen LogP contribution in [0.3, 0.4) is 0 Å². The average Bonchev–Trinajstić information content (AvgIpc) is 3.00. The highest BCUT2D eigenvalue weighted by Crippen LogP contribution is 2.19. The number of aryl methyl sites for hydroxylation is 2. The lowest BCUT2D eigenvalue weighted by molar-refractivity contribution is -0.118. The molecular weight excluding hydrogens is 322 g/mol. The smallest absolute Gasteiger partial charge is 0.230 e. The Hall–Kier alpha value is -1.89. The van der Waals surface area contributed by atoms with Crippen LogP contribution in [0.4, 0.5) is 0 Å². The molecule has 0 saturated heterocycles. The van der Waals surface area contributed by atoms with E-state index in [1.165, 1.54) is 24.6 Å². The summed E-state index contributed by atoms with van der Waals surface area (Å²) < 4.78 is 1.68. The van der Waals surface area contributed by atoms with Gasteiger partial charge in [-0.15, -0.1) is 5.10 Å². The normalized spacial score (nSPS) is 10.8. The van der Waals surface area contributed by atoms with Crippen molar-refractivity contribution in [2.45, 2.75) is 51.6 Å². The number of aromatic nitrogens is 4. The van der Waals surface area contributed by atoms with Crippen molar-refractivity contribution in [2.24, 2.45) is 0 Å². The Labute approximate surface area is 147 Å². The summed E-state index contributed by atoms with van der Waals surface area (Å²) in [4.78, 5) is 11.9. The number of rotatable bonds is 9. The molecular formula is C17H25N5OS. The minimum absolute atomic E-state index is 0.0199. The van der Waals surface area contributed by atoms with Crippen LogP contribution in [0.25, 0.3) is 5.69 Å². The highest BCUT2D eigenvalue weighted by atomic mass is 32.2. The molecule has 0 fully saturated rings. The predicted octanol–water partition coefficient (Wildman–Crippen LogP) is 3.07. The molecule has 0 radical (unpaired) electrons. The number of benzene rings is 1. The molecule has 0 unspecified atom stereocenters. The number of thioether (sulfide) groups is 1. The first kappa shape index (κ1) is 18.4. The van der Waals surface area contributed by atoms with E-state index in [1.54, 1.807) is 4.68 Å². The third-order valence-corrected chi connectivity index (χ3v) is 4.50. The van der Waals surface area contributed by atoms with Crippen LogP contribution in [-0.4, -0.2) is 38.4 Å². The Morgan fingerprint density at radius 2 is 1.92 bits per heavy atom. The Kier molecular flexibility index (Phi) is 7.24. The lowest BCUT2D eigenvalue weighted by atomic mass is 10.1. The molecule has 0 aliphatic heterocycles. The highest BCUT2D eigenvalue weighted by Gasteiger charge is 2.12.